The number of hydrogen-bond acceptors (Lipinski definition) is 1. The van der Waals surface area contributed by atoms with Crippen molar-refractivity contribution < 1.29 is 17.9 Å². The molecule has 0 unspecified atom stereocenters. The largest absolute Gasteiger partial charge is 0.497 e. The molecule has 1 nitrogen and oxygen atoms in total. The van der Waals surface area contributed by atoms with E-state index in [4.69, 9.17) is 4.74 Å². The number of alkyl halides is 2. The Bertz CT molecular complexity index is 670. The van der Waals surface area contributed by atoms with Gasteiger partial charge in [0.25, 0.3) is 0 Å². The second kappa shape index (κ2) is 7.94. The summed E-state index contributed by atoms with van der Waals surface area (Å²) in [7, 11) is 1.57. The summed E-state index contributed by atoms with van der Waals surface area (Å²) in [6, 6.07) is 13.8. The van der Waals surface area contributed by atoms with Crippen molar-refractivity contribution in [2.45, 2.75) is 50.9 Å². The van der Waals surface area contributed by atoms with Gasteiger partial charge in [-0.15, -0.1) is 0 Å². The quantitative estimate of drug-likeness (QED) is 0.626. The van der Waals surface area contributed by atoms with Crippen LogP contribution in [0.15, 0.2) is 48.5 Å². The molecule has 0 N–H and O–H groups in total. The highest BCUT2D eigenvalue weighted by atomic mass is 19.3. The van der Waals surface area contributed by atoms with Crippen molar-refractivity contribution in [3.63, 3.8) is 0 Å². The summed E-state index contributed by atoms with van der Waals surface area (Å²) in [5, 5.41) is 0. The maximum absolute atomic E-state index is 14.4. The first kappa shape index (κ1) is 19.4. The van der Waals surface area contributed by atoms with E-state index >= 15 is 0 Å². The molecule has 0 bridgehead atoms. The summed E-state index contributed by atoms with van der Waals surface area (Å²) >= 11 is 0. The molecule has 2 aromatic rings. The fourth-order valence-electron chi connectivity index (χ4n) is 3.52. The first-order valence-electron chi connectivity index (χ1n) is 8.74. The topological polar surface area (TPSA) is 9.23 Å². The van der Waals surface area contributed by atoms with E-state index in [1.54, 1.807) is 37.4 Å². The van der Waals surface area contributed by atoms with Crippen LogP contribution in [0.5, 0.6) is 5.75 Å². The van der Waals surface area contributed by atoms with E-state index in [-0.39, 0.29) is 31.5 Å². The number of methoxy groups -OCH3 is 1. The summed E-state index contributed by atoms with van der Waals surface area (Å²) in [5.74, 6) is -2.31. The standard InChI is InChI=1S/C19H19F3O.C2H6/c1-23-15-8-6-14(7-9-15)18(10-12-19(21,22)13-11-18)16-4-2-3-5-17(16)20;1-2/h2-9H,10-13H2,1H3;1-2H3. The molecule has 1 aliphatic rings. The van der Waals surface area contributed by atoms with Crippen molar-refractivity contribution in [2.75, 3.05) is 7.11 Å². The molecule has 0 spiro atoms. The Balaban J connectivity index is 0.00000109. The molecular weight excluding hydrogens is 325 g/mol. The normalized spacial score (nSPS) is 18.0. The van der Waals surface area contributed by atoms with Gasteiger partial charge in [0.1, 0.15) is 11.6 Å². The Kier molecular flexibility index (Phi) is 6.15. The van der Waals surface area contributed by atoms with E-state index < -0.39 is 11.3 Å². The van der Waals surface area contributed by atoms with Gasteiger partial charge in [-0.3, -0.25) is 0 Å². The molecule has 1 saturated carbocycles. The van der Waals surface area contributed by atoms with Crippen molar-refractivity contribution in [1.29, 1.82) is 0 Å². The number of benzene rings is 2. The average molecular weight is 350 g/mol. The van der Waals surface area contributed by atoms with E-state index in [9.17, 15) is 13.2 Å². The van der Waals surface area contributed by atoms with Crippen LogP contribution in [0.25, 0.3) is 0 Å². The maximum atomic E-state index is 14.4. The van der Waals surface area contributed by atoms with Crippen LogP contribution >= 0.6 is 0 Å². The van der Waals surface area contributed by atoms with Gasteiger partial charge in [0.2, 0.25) is 5.92 Å². The first-order valence-corrected chi connectivity index (χ1v) is 8.74. The van der Waals surface area contributed by atoms with Crippen LogP contribution in [0.1, 0.15) is 50.7 Å². The predicted molar refractivity (Wildman–Crippen MR) is 94.9 cm³/mol. The van der Waals surface area contributed by atoms with E-state index in [2.05, 4.69) is 0 Å². The number of ether oxygens (including phenoxy) is 1. The van der Waals surface area contributed by atoms with E-state index in [1.165, 1.54) is 6.07 Å². The molecule has 2 aromatic carbocycles. The highest BCUT2D eigenvalue weighted by Gasteiger charge is 2.46. The Morgan fingerprint density at radius 3 is 1.92 bits per heavy atom. The van der Waals surface area contributed by atoms with Gasteiger partial charge in [-0.1, -0.05) is 44.2 Å². The molecule has 0 heterocycles. The minimum atomic E-state index is -2.67. The van der Waals surface area contributed by atoms with Gasteiger partial charge >= 0.3 is 0 Å². The molecule has 0 radical (unpaired) electrons. The third-order valence-electron chi connectivity index (χ3n) is 4.87. The number of halogens is 3. The molecule has 1 aliphatic carbocycles. The zero-order chi connectivity index (χ0) is 18.5. The smallest absolute Gasteiger partial charge is 0.248 e. The molecule has 1 fully saturated rings. The molecule has 0 atom stereocenters. The average Bonchev–Trinajstić information content (AvgIpc) is 2.65. The molecular formula is C21H25F3O. The molecule has 3 rings (SSSR count). The highest BCUT2D eigenvalue weighted by Crippen LogP contribution is 2.50. The van der Waals surface area contributed by atoms with Crippen molar-refractivity contribution in [1.82, 2.24) is 0 Å². The number of hydrogen-bond donors (Lipinski definition) is 0. The third kappa shape index (κ3) is 4.00. The van der Waals surface area contributed by atoms with E-state index in [0.717, 1.165) is 5.56 Å². The SMILES string of the molecule is CC.COc1ccc(C2(c3ccccc3F)CCC(F)(F)CC2)cc1. The molecule has 25 heavy (non-hydrogen) atoms. The van der Waals surface area contributed by atoms with Crippen molar-refractivity contribution in [2.24, 2.45) is 0 Å². The monoisotopic (exact) mass is 350 g/mol. The number of rotatable bonds is 3. The second-order valence-electron chi connectivity index (χ2n) is 6.15. The zero-order valence-electron chi connectivity index (χ0n) is 15.0. The van der Waals surface area contributed by atoms with Gasteiger partial charge in [0, 0.05) is 18.3 Å². The minimum absolute atomic E-state index is 0.229. The maximum Gasteiger partial charge on any atom is 0.248 e. The van der Waals surface area contributed by atoms with Gasteiger partial charge < -0.3 is 4.74 Å². The van der Waals surface area contributed by atoms with Crippen LogP contribution in [-0.4, -0.2) is 13.0 Å². The van der Waals surface area contributed by atoms with Crippen molar-refractivity contribution in [3.8, 4) is 5.75 Å². The molecule has 4 heteroatoms. The van der Waals surface area contributed by atoms with E-state index in [0.29, 0.717) is 11.3 Å². The lowest BCUT2D eigenvalue weighted by Gasteiger charge is -2.41. The third-order valence-corrected chi connectivity index (χ3v) is 4.87. The summed E-state index contributed by atoms with van der Waals surface area (Å²) in [6.07, 6.45) is 0.00124. The van der Waals surface area contributed by atoms with Gasteiger partial charge in [0.15, 0.2) is 0 Å². The summed E-state index contributed by atoms with van der Waals surface area (Å²) < 4.78 is 47.0. The van der Waals surface area contributed by atoms with E-state index in [1.807, 2.05) is 26.0 Å². The molecule has 0 aliphatic heterocycles. The predicted octanol–water partition coefficient (Wildman–Crippen LogP) is 6.36. The van der Waals surface area contributed by atoms with Gasteiger partial charge in [0.05, 0.1) is 7.11 Å². The summed E-state index contributed by atoms with van der Waals surface area (Å²) in [6.45, 7) is 4.00. The van der Waals surface area contributed by atoms with Gasteiger partial charge in [-0.05, 0) is 42.2 Å². The van der Waals surface area contributed by atoms with Crippen LogP contribution < -0.4 is 4.74 Å². The lowest BCUT2D eigenvalue weighted by atomic mass is 9.64. The van der Waals surface area contributed by atoms with Gasteiger partial charge in [-0.25, -0.2) is 13.2 Å². The Morgan fingerprint density at radius 2 is 1.40 bits per heavy atom. The fraction of sp³-hybridized carbons (Fsp3) is 0.429. The van der Waals surface area contributed by atoms with Crippen molar-refractivity contribution >= 4 is 0 Å². The van der Waals surface area contributed by atoms with Crippen LogP contribution in [0.2, 0.25) is 0 Å². The Morgan fingerprint density at radius 1 is 0.840 bits per heavy atom. The summed E-state index contributed by atoms with van der Waals surface area (Å²) in [5.41, 5.74) is 0.652. The Labute approximate surface area is 147 Å². The molecule has 136 valence electrons. The van der Waals surface area contributed by atoms with Crippen LogP contribution in [0, 0.1) is 5.82 Å². The first-order chi connectivity index (χ1) is 12.0. The Hall–Kier alpha value is -1.97. The molecule has 0 saturated heterocycles. The zero-order valence-corrected chi connectivity index (χ0v) is 15.0. The van der Waals surface area contributed by atoms with Crippen molar-refractivity contribution in [3.05, 3.63) is 65.5 Å². The lowest BCUT2D eigenvalue weighted by Crippen LogP contribution is -2.38. The summed E-state index contributed by atoms with van der Waals surface area (Å²) in [4.78, 5) is 0. The second-order valence-corrected chi connectivity index (χ2v) is 6.15. The lowest BCUT2D eigenvalue weighted by molar-refractivity contribution is -0.0474. The van der Waals surface area contributed by atoms with Crippen LogP contribution in [-0.2, 0) is 5.41 Å². The van der Waals surface area contributed by atoms with Crippen LogP contribution in [0.4, 0.5) is 13.2 Å². The fourth-order valence-corrected chi connectivity index (χ4v) is 3.52. The molecule has 0 amide bonds. The van der Waals surface area contributed by atoms with Gasteiger partial charge in [-0.2, -0.15) is 0 Å². The van der Waals surface area contributed by atoms with Crippen LogP contribution in [0.3, 0.4) is 0 Å². The highest BCUT2D eigenvalue weighted by molar-refractivity contribution is 5.43. The minimum Gasteiger partial charge on any atom is -0.497 e. The molecule has 0 aromatic heterocycles.